The van der Waals surface area contributed by atoms with Gasteiger partial charge in [-0.1, -0.05) is 6.07 Å². The second kappa shape index (κ2) is 5.01. The molecule has 0 fully saturated rings. The number of aryl methyl sites for hydroxylation is 1. The predicted molar refractivity (Wildman–Crippen MR) is 58.2 cm³/mol. The van der Waals surface area contributed by atoms with E-state index in [1.54, 1.807) is 12.1 Å². The molecule has 1 rings (SSSR count). The van der Waals surface area contributed by atoms with Crippen molar-refractivity contribution >= 4 is 11.6 Å². The molecule has 0 aliphatic carbocycles. The number of benzene rings is 1. The minimum Gasteiger partial charge on any atom is -0.384 e. The second-order valence-electron chi connectivity index (χ2n) is 3.28. The monoisotopic (exact) mass is 203 g/mol. The number of hydrogen-bond donors (Lipinski definition) is 2. The van der Waals surface area contributed by atoms with Gasteiger partial charge in [0.25, 0.3) is 0 Å². The molecule has 0 aliphatic rings. The van der Waals surface area contributed by atoms with Crippen LogP contribution in [0.15, 0.2) is 18.2 Å². The summed E-state index contributed by atoms with van der Waals surface area (Å²) in [6, 6.07) is 7.45. The number of nitrogens with two attached hydrogens (primary N) is 1. The summed E-state index contributed by atoms with van der Waals surface area (Å²) in [6.07, 6.45) is 0.288. The molecular weight excluding hydrogens is 190 g/mol. The smallest absolute Gasteiger partial charge is 0.219 e. The maximum atomic E-state index is 10.5. The minimum absolute atomic E-state index is 0.288. The van der Waals surface area contributed by atoms with Crippen molar-refractivity contribution in [3.05, 3.63) is 29.3 Å². The highest BCUT2D eigenvalue weighted by molar-refractivity contribution is 5.74. The van der Waals surface area contributed by atoms with Crippen LogP contribution in [0.25, 0.3) is 0 Å². The molecule has 0 unspecified atom stereocenters. The predicted octanol–water partition coefficient (Wildman–Crippen LogP) is 1.15. The standard InChI is InChI=1S/C11H13N3O/c1-8-2-3-9(7-12)6-10(8)14-5-4-11(13)15/h2-3,6,14H,4-5H2,1H3,(H2,13,15). The van der Waals surface area contributed by atoms with Crippen LogP contribution in [0.4, 0.5) is 5.69 Å². The van der Waals surface area contributed by atoms with Crippen molar-refractivity contribution in [3.8, 4) is 6.07 Å². The van der Waals surface area contributed by atoms with Crippen molar-refractivity contribution in [2.45, 2.75) is 13.3 Å². The van der Waals surface area contributed by atoms with Crippen molar-refractivity contribution in [2.75, 3.05) is 11.9 Å². The molecule has 3 N–H and O–H groups in total. The number of nitrogens with zero attached hydrogens (tertiary/aromatic N) is 1. The van der Waals surface area contributed by atoms with Crippen LogP contribution in [-0.2, 0) is 4.79 Å². The number of rotatable bonds is 4. The number of amides is 1. The molecule has 1 aromatic carbocycles. The van der Waals surface area contributed by atoms with E-state index in [1.807, 2.05) is 13.0 Å². The fourth-order valence-electron chi connectivity index (χ4n) is 1.20. The van der Waals surface area contributed by atoms with Crippen LogP contribution in [-0.4, -0.2) is 12.5 Å². The molecule has 78 valence electrons. The molecule has 0 bridgehead atoms. The van der Waals surface area contributed by atoms with Crippen molar-refractivity contribution < 1.29 is 4.79 Å². The summed E-state index contributed by atoms with van der Waals surface area (Å²) in [7, 11) is 0. The lowest BCUT2D eigenvalue weighted by Crippen LogP contribution is -2.16. The Morgan fingerprint density at radius 2 is 2.33 bits per heavy atom. The van der Waals surface area contributed by atoms with Gasteiger partial charge in [-0.25, -0.2) is 0 Å². The van der Waals surface area contributed by atoms with Crippen molar-refractivity contribution in [2.24, 2.45) is 5.73 Å². The van der Waals surface area contributed by atoms with Crippen molar-refractivity contribution in [1.82, 2.24) is 0 Å². The molecule has 0 saturated heterocycles. The maximum Gasteiger partial charge on any atom is 0.219 e. The highest BCUT2D eigenvalue weighted by atomic mass is 16.1. The third kappa shape index (κ3) is 3.31. The Hall–Kier alpha value is -2.02. The number of carbonyl (C=O) groups excluding carboxylic acids is 1. The number of primary amides is 1. The molecule has 0 spiro atoms. The van der Waals surface area contributed by atoms with Crippen LogP contribution in [0.5, 0.6) is 0 Å². The van der Waals surface area contributed by atoms with Gasteiger partial charge in [-0.3, -0.25) is 4.79 Å². The maximum absolute atomic E-state index is 10.5. The lowest BCUT2D eigenvalue weighted by molar-refractivity contribution is -0.117. The number of carbonyl (C=O) groups is 1. The lowest BCUT2D eigenvalue weighted by Gasteiger charge is -2.08. The largest absolute Gasteiger partial charge is 0.384 e. The Morgan fingerprint density at radius 1 is 1.60 bits per heavy atom. The number of nitriles is 1. The molecule has 0 heterocycles. The lowest BCUT2D eigenvalue weighted by atomic mass is 10.1. The van der Waals surface area contributed by atoms with Crippen LogP contribution < -0.4 is 11.1 Å². The van der Waals surface area contributed by atoms with Gasteiger partial charge in [0.1, 0.15) is 0 Å². The van der Waals surface area contributed by atoms with Crippen molar-refractivity contribution in [1.29, 1.82) is 5.26 Å². The van der Waals surface area contributed by atoms with E-state index in [9.17, 15) is 4.79 Å². The fourth-order valence-corrected chi connectivity index (χ4v) is 1.20. The SMILES string of the molecule is Cc1ccc(C#N)cc1NCCC(N)=O. The third-order valence-corrected chi connectivity index (χ3v) is 2.05. The summed E-state index contributed by atoms with van der Waals surface area (Å²) in [5.41, 5.74) is 7.53. The Bertz CT molecular complexity index is 407. The number of nitrogens with one attached hydrogen (secondary N) is 1. The highest BCUT2D eigenvalue weighted by Gasteiger charge is 2.00. The molecular formula is C11H13N3O. The average Bonchev–Trinajstić information content (AvgIpc) is 2.20. The molecule has 4 nitrogen and oxygen atoms in total. The average molecular weight is 203 g/mol. The van der Waals surface area contributed by atoms with Crippen LogP contribution in [0.3, 0.4) is 0 Å². The highest BCUT2D eigenvalue weighted by Crippen LogP contribution is 2.16. The first-order valence-electron chi connectivity index (χ1n) is 4.66. The van der Waals surface area contributed by atoms with Gasteiger partial charge in [-0.05, 0) is 24.6 Å². The molecule has 0 aliphatic heterocycles. The first kappa shape index (κ1) is 11.1. The molecule has 1 aromatic rings. The van der Waals surface area contributed by atoms with Crippen LogP contribution in [0, 0.1) is 18.3 Å². The summed E-state index contributed by atoms with van der Waals surface area (Å²) in [6.45, 7) is 2.43. The van der Waals surface area contributed by atoms with E-state index in [-0.39, 0.29) is 12.3 Å². The Labute approximate surface area is 88.7 Å². The first-order valence-corrected chi connectivity index (χ1v) is 4.66. The fraction of sp³-hybridized carbons (Fsp3) is 0.273. The van der Waals surface area contributed by atoms with Crippen molar-refractivity contribution in [3.63, 3.8) is 0 Å². The van der Waals surface area contributed by atoms with Crippen LogP contribution in [0.2, 0.25) is 0 Å². The van der Waals surface area contributed by atoms with Crippen LogP contribution >= 0.6 is 0 Å². The summed E-state index contributed by atoms with van der Waals surface area (Å²) in [4.78, 5) is 10.5. The van der Waals surface area contributed by atoms with Gasteiger partial charge in [0.05, 0.1) is 11.6 Å². The van der Waals surface area contributed by atoms with E-state index >= 15 is 0 Å². The first-order chi connectivity index (χ1) is 7.13. The quantitative estimate of drug-likeness (QED) is 0.770. The summed E-state index contributed by atoms with van der Waals surface area (Å²) in [5, 5.41) is 11.8. The van der Waals surface area contributed by atoms with Gasteiger partial charge >= 0.3 is 0 Å². The Balaban J connectivity index is 2.68. The van der Waals surface area contributed by atoms with E-state index in [4.69, 9.17) is 11.0 Å². The van der Waals surface area contributed by atoms with E-state index in [0.717, 1.165) is 11.3 Å². The zero-order valence-electron chi connectivity index (χ0n) is 8.58. The van der Waals surface area contributed by atoms with Gasteiger partial charge in [-0.2, -0.15) is 5.26 Å². The summed E-state index contributed by atoms with van der Waals surface area (Å²) < 4.78 is 0. The molecule has 0 radical (unpaired) electrons. The van der Waals surface area contributed by atoms with Gasteiger partial charge in [0.15, 0.2) is 0 Å². The second-order valence-corrected chi connectivity index (χ2v) is 3.28. The van der Waals surface area contributed by atoms with E-state index in [2.05, 4.69) is 11.4 Å². The molecule has 4 heteroatoms. The number of anilines is 1. The molecule has 0 atom stereocenters. The van der Waals surface area contributed by atoms with Gasteiger partial charge < -0.3 is 11.1 Å². The minimum atomic E-state index is -0.336. The third-order valence-electron chi connectivity index (χ3n) is 2.05. The topological polar surface area (TPSA) is 78.9 Å². The molecule has 15 heavy (non-hydrogen) atoms. The Kier molecular flexibility index (Phi) is 3.69. The van der Waals surface area contributed by atoms with Gasteiger partial charge in [-0.15, -0.1) is 0 Å². The summed E-state index contributed by atoms with van der Waals surface area (Å²) in [5.74, 6) is -0.336. The normalized spacial score (nSPS) is 9.33. The van der Waals surface area contributed by atoms with Gasteiger partial charge in [0.2, 0.25) is 5.91 Å². The zero-order chi connectivity index (χ0) is 11.3. The van der Waals surface area contributed by atoms with E-state index in [1.165, 1.54) is 0 Å². The molecule has 0 aromatic heterocycles. The van der Waals surface area contributed by atoms with E-state index < -0.39 is 0 Å². The zero-order valence-corrected chi connectivity index (χ0v) is 8.58. The van der Waals surface area contributed by atoms with Gasteiger partial charge in [0, 0.05) is 18.7 Å². The molecule has 1 amide bonds. The Morgan fingerprint density at radius 3 is 2.93 bits per heavy atom. The number of hydrogen-bond acceptors (Lipinski definition) is 3. The van der Waals surface area contributed by atoms with Crippen LogP contribution in [0.1, 0.15) is 17.5 Å². The summed E-state index contributed by atoms with van der Waals surface area (Å²) >= 11 is 0. The van der Waals surface area contributed by atoms with E-state index in [0.29, 0.717) is 12.1 Å². The molecule has 0 saturated carbocycles.